The number of carbonyl (C=O) groups excluding carboxylic acids is 1. The molecule has 0 spiro atoms. The molecule has 1 amide bonds. The molecule has 150 valence electrons. The number of benzene rings is 4. The summed E-state index contributed by atoms with van der Waals surface area (Å²) in [5.74, 6) is 0.577. The highest BCUT2D eigenvalue weighted by atomic mass is 32.2. The number of hydrogen-bond acceptors (Lipinski definition) is 3. The second-order valence-corrected chi connectivity index (χ2v) is 8.01. The maximum absolute atomic E-state index is 13.0. The van der Waals surface area contributed by atoms with E-state index < -0.39 is 6.10 Å². The minimum Gasteiger partial charge on any atom is -0.480 e. The van der Waals surface area contributed by atoms with Gasteiger partial charge in [-0.25, -0.2) is 0 Å². The number of nitrogens with one attached hydrogen (secondary N) is 1. The van der Waals surface area contributed by atoms with Gasteiger partial charge in [0.25, 0.3) is 5.91 Å². The van der Waals surface area contributed by atoms with Crippen molar-refractivity contribution in [2.75, 3.05) is 5.32 Å². The molecule has 0 aliphatic heterocycles. The van der Waals surface area contributed by atoms with Crippen LogP contribution < -0.4 is 10.1 Å². The molecule has 1 N–H and O–H groups in total. The van der Waals surface area contributed by atoms with Gasteiger partial charge in [-0.15, -0.1) is 0 Å². The second kappa shape index (κ2) is 9.51. The average molecular weight is 414 g/mol. The molecule has 4 aromatic rings. The summed E-state index contributed by atoms with van der Waals surface area (Å²) in [5.41, 5.74) is 0.788. The van der Waals surface area contributed by atoms with Crippen molar-refractivity contribution < 1.29 is 9.53 Å². The van der Waals surface area contributed by atoms with Crippen molar-refractivity contribution in [3.05, 3.63) is 97.1 Å². The molecule has 30 heavy (non-hydrogen) atoms. The van der Waals surface area contributed by atoms with E-state index in [1.807, 2.05) is 91.9 Å². The van der Waals surface area contributed by atoms with Crippen LogP contribution in [0.5, 0.6) is 5.75 Å². The molecule has 0 saturated carbocycles. The highest BCUT2D eigenvalue weighted by Crippen LogP contribution is 2.33. The van der Waals surface area contributed by atoms with Crippen molar-refractivity contribution in [2.45, 2.75) is 29.2 Å². The molecule has 0 bridgehead atoms. The lowest BCUT2D eigenvalue weighted by Crippen LogP contribution is -2.32. The number of amides is 1. The fourth-order valence-electron chi connectivity index (χ4n) is 3.26. The molecule has 4 heteroatoms. The van der Waals surface area contributed by atoms with Crippen LogP contribution in [0, 0.1) is 0 Å². The smallest absolute Gasteiger partial charge is 0.265 e. The van der Waals surface area contributed by atoms with Crippen molar-refractivity contribution in [1.29, 1.82) is 0 Å². The van der Waals surface area contributed by atoms with Crippen molar-refractivity contribution >= 4 is 34.1 Å². The molecule has 3 nitrogen and oxygen atoms in total. The SMILES string of the molecule is CC[C@@H](Oc1cccc2ccccc12)C(=O)Nc1ccccc1Sc1ccccc1. The van der Waals surface area contributed by atoms with E-state index >= 15 is 0 Å². The van der Waals surface area contributed by atoms with Gasteiger partial charge in [0.15, 0.2) is 6.10 Å². The molecule has 0 aliphatic rings. The zero-order valence-corrected chi connectivity index (χ0v) is 17.6. The van der Waals surface area contributed by atoms with Crippen molar-refractivity contribution in [3.63, 3.8) is 0 Å². The van der Waals surface area contributed by atoms with Crippen molar-refractivity contribution in [2.24, 2.45) is 0 Å². The van der Waals surface area contributed by atoms with Crippen LogP contribution >= 0.6 is 11.8 Å². The monoisotopic (exact) mass is 413 g/mol. The van der Waals surface area contributed by atoms with Crippen LogP contribution in [0.2, 0.25) is 0 Å². The molecule has 1 atom stereocenters. The average Bonchev–Trinajstić information content (AvgIpc) is 2.79. The maximum atomic E-state index is 13.0. The van der Waals surface area contributed by atoms with Gasteiger partial charge in [-0.1, -0.05) is 85.4 Å². The summed E-state index contributed by atoms with van der Waals surface area (Å²) in [7, 11) is 0. The summed E-state index contributed by atoms with van der Waals surface area (Å²) in [4.78, 5) is 15.2. The van der Waals surface area contributed by atoms with E-state index in [0.717, 1.165) is 32.0 Å². The molecule has 0 fully saturated rings. The van der Waals surface area contributed by atoms with Crippen LogP contribution in [0.15, 0.2) is 107 Å². The Labute approximate surface area is 181 Å². The van der Waals surface area contributed by atoms with E-state index in [4.69, 9.17) is 4.74 Å². The third-order valence-electron chi connectivity index (χ3n) is 4.80. The lowest BCUT2D eigenvalue weighted by atomic mass is 10.1. The Hall–Kier alpha value is -3.24. The first kappa shape index (κ1) is 20.0. The van der Waals surface area contributed by atoms with Gasteiger partial charge in [-0.3, -0.25) is 4.79 Å². The van der Waals surface area contributed by atoms with Gasteiger partial charge in [-0.2, -0.15) is 0 Å². The molecule has 0 radical (unpaired) electrons. The lowest BCUT2D eigenvalue weighted by Gasteiger charge is -2.19. The number of fused-ring (bicyclic) bond motifs is 1. The number of ether oxygens (including phenoxy) is 1. The van der Waals surface area contributed by atoms with E-state index in [1.165, 1.54) is 0 Å². The van der Waals surface area contributed by atoms with E-state index in [9.17, 15) is 4.79 Å². The van der Waals surface area contributed by atoms with E-state index in [1.54, 1.807) is 11.8 Å². The van der Waals surface area contributed by atoms with Crippen LogP contribution in [0.1, 0.15) is 13.3 Å². The van der Waals surface area contributed by atoms with E-state index in [0.29, 0.717) is 6.42 Å². The number of anilines is 1. The topological polar surface area (TPSA) is 38.3 Å². The number of rotatable bonds is 7. The summed E-state index contributed by atoms with van der Waals surface area (Å²) < 4.78 is 6.15. The van der Waals surface area contributed by atoms with Gasteiger partial charge in [0.2, 0.25) is 0 Å². The van der Waals surface area contributed by atoms with Gasteiger partial charge in [0.1, 0.15) is 5.75 Å². The minimum absolute atomic E-state index is 0.147. The Morgan fingerprint density at radius 2 is 1.57 bits per heavy atom. The van der Waals surface area contributed by atoms with E-state index in [2.05, 4.69) is 17.4 Å². The van der Waals surface area contributed by atoms with Crippen molar-refractivity contribution in [3.8, 4) is 5.75 Å². The van der Waals surface area contributed by atoms with Crippen LogP contribution in [0.3, 0.4) is 0 Å². The van der Waals surface area contributed by atoms with Crippen LogP contribution in [-0.4, -0.2) is 12.0 Å². The molecule has 0 aliphatic carbocycles. The molecule has 0 unspecified atom stereocenters. The zero-order chi connectivity index (χ0) is 20.8. The van der Waals surface area contributed by atoms with Crippen LogP contribution in [0.25, 0.3) is 10.8 Å². The molecule has 0 heterocycles. The predicted molar refractivity (Wildman–Crippen MR) is 124 cm³/mol. The molecule has 4 rings (SSSR count). The minimum atomic E-state index is -0.578. The number of carbonyl (C=O) groups is 1. The van der Waals surface area contributed by atoms with Crippen molar-refractivity contribution in [1.82, 2.24) is 0 Å². The second-order valence-electron chi connectivity index (χ2n) is 6.89. The third-order valence-corrected chi connectivity index (χ3v) is 5.88. The molecular formula is C26H23NO2S. The molecule has 0 aromatic heterocycles. The third kappa shape index (κ3) is 4.66. The standard InChI is InChI=1S/C26H23NO2S/c1-2-23(29-24-17-10-12-19-11-6-7-15-21(19)24)26(28)27-22-16-8-9-18-25(22)30-20-13-4-3-5-14-20/h3-18,23H,2H2,1H3,(H,27,28)/t23-/m1/s1. The van der Waals surface area contributed by atoms with Gasteiger partial charge in [0, 0.05) is 15.2 Å². The lowest BCUT2D eigenvalue weighted by molar-refractivity contribution is -0.122. The molecule has 0 saturated heterocycles. The number of para-hydroxylation sites is 1. The Morgan fingerprint density at radius 3 is 2.40 bits per heavy atom. The Morgan fingerprint density at radius 1 is 0.867 bits per heavy atom. The van der Waals surface area contributed by atoms with Crippen LogP contribution in [-0.2, 0) is 4.79 Å². The largest absolute Gasteiger partial charge is 0.480 e. The fourth-order valence-corrected chi connectivity index (χ4v) is 4.18. The van der Waals surface area contributed by atoms with Gasteiger partial charge in [-0.05, 0) is 42.1 Å². The van der Waals surface area contributed by atoms with E-state index in [-0.39, 0.29) is 5.91 Å². The summed E-state index contributed by atoms with van der Waals surface area (Å²) in [6.07, 6.45) is -0.00569. The Bertz CT molecular complexity index is 1140. The fraction of sp³-hybridized carbons (Fsp3) is 0.115. The normalized spacial score (nSPS) is 11.8. The highest BCUT2D eigenvalue weighted by molar-refractivity contribution is 7.99. The molecule has 4 aromatic carbocycles. The first-order valence-corrected chi connectivity index (χ1v) is 10.8. The first-order chi connectivity index (χ1) is 14.7. The quantitative estimate of drug-likeness (QED) is 0.363. The van der Waals surface area contributed by atoms with Gasteiger partial charge in [0.05, 0.1) is 5.69 Å². The Kier molecular flexibility index (Phi) is 6.35. The van der Waals surface area contributed by atoms with Gasteiger partial charge < -0.3 is 10.1 Å². The molecular weight excluding hydrogens is 390 g/mol. The van der Waals surface area contributed by atoms with Gasteiger partial charge >= 0.3 is 0 Å². The summed E-state index contributed by atoms with van der Waals surface area (Å²) >= 11 is 1.63. The summed E-state index contributed by atoms with van der Waals surface area (Å²) in [6.45, 7) is 1.96. The van der Waals surface area contributed by atoms with Crippen LogP contribution in [0.4, 0.5) is 5.69 Å². The summed E-state index contributed by atoms with van der Waals surface area (Å²) in [6, 6.07) is 31.9. The zero-order valence-electron chi connectivity index (χ0n) is 16.7. The Balaban J connectivity index is 1.53. The maximum Gasteiger partial charge on any atom is 0.265 e. The highest BCUT2D eigenvalue weighted by Gasteiger charge is 2.20. The predicted octanol–water partition coefficient (Wildman–Crippen LogP) is 6.79. The first-order valence-electron chi connectivity index (χ1n) is 10.0. The number of hydrogen-bond donors (Lipinski definition) is 1. The summed E-state index contributed by atoms with van der Waals surface area (Å²) in [5, 5.41) is 5.16.